The van der Waals surface area contributed by atoms with Crippen molar-refractivity contribution < 1.29 is 5.21 Å². The summed E-state index contributed by atoms with van der Waals surface area (Å²) in [6.45, 7) is 3.51. The molecule has 0 saturated heterocycles. The molecular weight excluding hydrogens is 144 g/mol. The lowest BCUT2D eigenvalue weighted by Crippen LogP contribution is -2.01. The van der Waals surface area contributed by atoms with E-state index in [0.717, 1.165) is 0 Å². The van der Waals surface area contributed by atoms with Gasteiger partial charge in [0.15, 0.2) is 5.82 Å². The van der Waals surface area contributed by atoms with Gasteiger partial charge in [0, 0.05) is 0 Å². The molecule has 0 spiro atoms. The molecule has 0 bridgehead atoms. The summed E-state index contributed by atoms with van der Waals surface area (Å²) in [5, 5.41) is 11.0. The smallest absolute Gasteiger partial charge is 0.177 e. The molecule has 1 N–H and O–H groups in total. The molecule has 0 radical (unpaired) electrons. The summed E-state index contributed by atoms with van der Waals surface area (Å²) in [6, 6.07) is 0. The zero-order valence-electron chi connectivity index (χ0n) is 6.31. The van der Waals surface area contributed by atoms with Crippen LogP contribution in [0.15, 0.2) is 5.16 Å². The minimum atomic E-state index is 0.373. The highest BCUT2D eigenvalue weighted by Gasteiger charge is 1.95. The Labute approximate surface area is 63.8 Å². The van der Waals surface area contributed by atoms with Crippen molar-refractivity contribution in [1.82, 2.24) is 15.0 Å². The Morgan fingerprint density at radius 2 is 1.73 bits per heavy atom. The van der Waals surface area contributed by atoms with Crippen LogP contribution in [0.5, 0.6) is 0 Å². The Morgan fingerprint density at radius 1 is 1.18 bits per heavy atom. The Kier molecular flexibility index (Phi) is 2.10. The van der Waals surface area contributed by atoms with Crippen LogP contribution in [-0.2, 0) is 0 Å². The first kappa shape index (κ1) is 7.59. The highest BCUT2D eigenvalue weighted by atomic mass is 16.4. The Bertz CT molecular complexity index is 264. The number of hydrogen-bond donors (Lipinski definition) is 1. The molecule has 5 heteroatoms. The third-order valence-electron chi connectivity index (χ3n) is 1.05. The molecule has 1 heterocycles. The van der Waals surface area contributed by atoms with Crippen molar-refractivity contribution >= 4 is 6.21 Å². The minimum absolute atomic E-state index is 0.373. The van der Waals surface area contributed by atoms with Crippen LogP contribution in [0.25, 0.3) is 0 Å². The number of nitrogens with zero attached hydrogens (tertiary/aromatic N) is 4. The predicted octanol–water partition coefficient (Wildman–Crippen LogP) is 0.297. The molecule has 11 heavy (non-hydrogen) atoms. The number of oxime groups is 1. The Hall–Kier alpha value is -1.52. The normalized spacial score (nSPS) is 10.7. The van der Waals surface area contributed by atoms with Crippen LogP contribution in [0.1, 0.15) is 17.5 Å². The maximum Gasteiger partial charge on any atom is 0.177 e. The van der Waals surface area contributed by atoms with Gasteiger partial charge in [-0.05, 0) is 13.8 Å². The van der Waals surface area contributed by atoms with Crippen molar-refractivity contribution in [1.29, 1.82) is 0 Å². The summed E-state index contributed by atoms with van der Waals surface area (Å²) in [6.07, 6.45) is 1.17. The molecule has 0 fully saturated rings. The van der Waals surface area contributed by atoms with Crippen molar-refractivity contribution in [3.63, 3.8) is 0 Å². The third-order valence-corrected chi connectivity index (χ3v) is 1.05. The molecule has 1 aromatic heterocycles. The predicted molar refractivity (Wildman–Crippen MR) is 38.7 cm³/mol. The summed E-state index contributed by atoms with van der Waals surface area (Å²) in [5.41, 5.74) is 0. The van der Waals surface area contributed by atoms with Gasteiger partial charge in [0.25, 0.3) is 0 Å². The van der Waals surface area contributed by atoms with Crippen LogP contribution >= 0.6 is 0 Å². The first-order valence-corrected chi connectivity index (χ1v) is 3.09. The average molecular weight is 152 g/mol. The molecule has 0 amide bonds. The second-order valence-corrected chi connectivity index (χ2v) is 2.03. The van der Waals surface area contributed by atoms with Gasteiger partial charge in [-0.3, -0.25) is 0 Å². The van der Waals surface area contributed by atoms with Crippen molar-refractivity contribution in [3.8, 4) is 0 Å². The van der Waals surface area contributed by atoms with E-state index in [2.05, 4.69) is 20.1 Å². The van der Waals surface area contributed by atoms with Gasteiger partial charge in [-0.15, -0.1) is 0 Å². The van der Waals surface area contributed by atoms with Gasteiger partial charge >= 0.3 is 0 Å². The molecular formula is C6H8N4O. The summed E-state index contributed by atoms with van der Waals surface area (Å²) >= 11 is 0. The van der Waals surface area contributed by atoms with E-state index < -0.39 is 0 Å². The number of hydrogen-bond acceptors (Lipinski definition) is 5. The van der Waals surface area contributed by atoms with Crippen molar-refractivity contribution in [2.75, 3.05) is 0 Å². The van der Waals surface area contributed by atoms with Crippen LogP contribution < -0.4 is 0 Å². The van der Waals surface area contributed by atoms with Gasteiger partial charge in [-0.1, -0.05) is 5.16 Å². The number of aryl methyl sites for hydroxylation is 2. The van der Waals surface area contributed by atoms with Crippen LogP contribution in [0.2, 0.25) is 0 Å². The number of aromatic nitrogens is 3. The SMILES string of the molecule is Cc1nc(C)nc(/C=N/O)n1. The molecule has 0 aliphatic carbocycles. The molecule has 0 unspecified atom stereocenters. The fraction of sp³-hybridized carbons (Fsp3) is 0.333. The maximum absolute atomic E-state index is 8.17. The third kappa shape index (κ3) is 1.96. The van der Waals surface area contributed by atoms with Crippen molar-refractivity contribution in [2.24, 2.45) is 5.16 Å². The summed E-state index contributed by atoms with van der Waals surface area (Å²) < 4.78 is 0. The molecule has 0 aliphatic rings. The molecule has 1 aromatic rings. The zero-order valence-corrected chi connectivity index (χ0v) is 6.31. The summed E-state index contributed by atoms with van der Waals surface area (Å²) in [7, 11) is 0. The number of rotatable bonds is 1. The lowest BCUT2D eigenvalue weighted by atomic mass is 10.5. The second kappa shape index (κ2) is 3.05. The van der Waals surface area contributed by atoms with E-state index in [1.54, 1.807) is 13.8 Å². The fourth-order valence-corrected chi connectivity index (χ4v) is 0.750. The van der Waals surface area contributed by atoms with E-state index >= 15 is 0 Å². The largest absolute Gasteiger partial charge is 0.411 e. The van der Waals surface area contributed by atoms with E-state index in [4.69, 9.17) is 5.21 Å². The Morgan fingerprint density at radius 3 is 2.18 bits per heavy atom. The maximum atomic E-state index is 8.17. The van der Waals surface area contributed by atoms with Gasteiger partial charge in [-0.2, -0.15) is 0 Å². The quantitative estimate of drug-likeness (QED) is 0.357. The lowest BCUT2D eigenvalue weighted by molar-refractivity contribution is 0.321. The van der Waals surface area contributed by atoms with E-state index in [0.29, 0.717) is 17.5 Å². The van der Waals surface area contributed by atoms with E-state index in [1.807, 2.05) is 0 Å². The van der Waals surface area contributed by atoms with E-state index in [1.165, 1.54) is 6.21 Å². The zero-order chi connectivity index (χ0) is 8.27. The molecule has 0 aliphatic heterocycles. The summed E-state index contributed by atoms with van der Waals surface area (Å²) in [5.74, 6) is 1.61. The van der Waals surface area contributed by atoms with Gasteiger partial charge in [0.1, 0.15) is 17.9 Å². The van der Waals surface area contributed by atoms with E-state index in [9.17, 15) is 0 Å². The van der Waals surface area contributed by atoms with Crippen LogP contribution in [0.4, 0.5) is 0 Å². The van der Waals surface area contributed by atoms with Crippen LogP contribution in [-0.4, -0.2) is 26.4 Å². The van der Waals surface area contributed by atoms with Gasteiger partial charge in [-0.25, -0.2) is 15.0 Å². The van der Waals surface area contributed by atoms with Gasteiger partial charge < -0.3 is 5.21 Å². The molecule has 1 rings (SSSR count). The van der Waals surface area contributed by atoms with E-state index in [-0.39, 0.29) is 0 Å². The highest BCUT2D eigenvalue weighted by Crippen LogP contribution is 1.90. The lowest BCUT2D eigenvalue weighted by Gasteiger charge is -1.94. The monoisotopic (exact) mass is 152 g/mol. The molecule has 0 atom stereocenters. The van der Waals surface area contributed by atoms with Gasteiger partial charge in [0.2, 0.25) is 0 Å². The van der Waals surface area contributed by atoms with Gasteiger partial charge in [0.05, 0.1) is 0 Å². The first-order chi connectivity index (χ1) is 5.22. The Balaban J connectivity index is 3.08. The molecule has 58 valence electrons. The summed E-state index contributed by atoms with van der Waals surface area (Å²) in [4.78, 5) is 11.7. The fourth-order valence-electron chi connectivity index (χ4n) is 0.750. The second-order valence-electron chi connectivity index (χ2n) is 2.03. The molecule has 0 saturated carbocycles. The average Bonchev–Trinajstić information content (AvgIpc) is 1.85. The topological polar surface area (TPSA) is 71.3 Å². The van der Waals surface area contributed by atoms with Crippen LogP contribution in [0.3, 0.4) is 0 Å². The molecule has 0 aromatic carbocycles. The molecule has 5 nitrogen and oxygen atoms in total. The van der Waals surface area contributed by atoms with Crippen LogP contribution in [0, 0.1) is 13.8 Å². The minimum Gasteiger partial charge on any atom is -0.411 e. The highest BCUT2D eigenvalue weighted by molar-refractivity contribution is 5.73. The standard InChI is InChI=1S/C6H8N4O/c1-4-8-5(2)10-6(9-4)3-7-11/h3,11H,1-2H3/b7-3+. The van der Waals surface area contributed by atoms with Crippen molar-refractivity contribution in [2.45, 2.75) is 13.8 Å². The first-order valence-electron chi connectivity index (χ1n) is 3.09. The van der Waals surface area contributed by atoms with Crippen molar-refractivity contribution in [3.05, 3.63) is 17.5 Å².